The molecule has 1 heterocycles. The summed E-state index contributed by atoms with van der Waals surface area (Å²) in [5.41, 5.74) is 0. The Hall–Kier alpha value is -0.146. The van der Waals surface area contributed by atoms with Crippen LogP contribution in [0.1, 0.15) is 0 Å². The monoisotopic (exact) mass is 250 g/mol. The second-order valence-corrected chi connectivity index (χ2v) is 4.32. The molecule has 1 aromatic heterocycles. The average molecular weight is 251 g/mol. The second-order valence-electron chi connectivity index (χ2n) is 1.74. The number of nitrogens with one attached hydrogen (secondary N) is 1. The van der Waals surface area contributed by atoms with Crippen molar-refractivity contribution < 1.29 is 17.0 Å². The maximum absolute atomic E-state index is 4.89. The van der Waals surface area contributed by atoms with E-state index in [-0.39, 0.29) is 0 Å². The van der Waals surface area contributed by atoms with Crippen molar-refractivity contribution in [1.82, 2.24) is 10.2 Å². The van der Waals surface area contributed by atoms with E-state index in [4.69, 9.17) is 18.6 Å². The van der Waals surface area contributed by atoms with Crippen LogP contribution in [-0.4, -0.2) is 10.2 Å². The minimum atomic E-state index is -0.556. The Kier molecular flexibility index (Phi) is 11.7. The van der Waals surface area contributed by atoms with Crippen molar-refractivity contribution in [3.63, 3.8) is 0 Å². The van der Waals surface area contributed by atoms with E-state index in [0.29, 0.717) is 0 Å². The molecule has 2 rings (SSSR count). The van der Waals surface area contributed by atoms with Gasteiger partial charge < -0.3 is 10.2 Å². The third-order valence-electron chi connectivity index (χ3n) is 0.917. The normalized spacial score (nSPS) is 7.23. The smallest absolute Gasteiger partial charge is 0.124 e. The van der Waals surface area contributed by atoms with Gasteiger partial charge in [-0.1, -0.05) is 0 Å². The van der Waals surface area contributed by atoms with E-state index in [9.17, 15) is 0 Å². The van der Waals surface area contributed by atoms with E-state index in [1.165, 1.54) is 0 Å². The number of aromatic nitrogens is 2. The molecule has 0 spiro atoms. The fourth-order valence-electron chi connectivity index (χ4n) is 0.507. The van der Waals surface area contributed by atoms with Gasteiger partial charge in [-0.15, -0.1) is 12.4 Å². The fourth-order valence-corrected chi connectivity index (χ4v) is 0.507. The number of nitrogens with zero attached hydrogens (tertiary/aromatic N) is 1. The quantitative estimate of drug-likeness (QED) is 0.565. The Morgan fingerprint density at radius 3 is 2.08 bits per heavy atom. The molecule has 0 aliphatic heterocycles. The zero-order valence-electron chi connectivity index (χ0n) is 6.74. The van der Waals surface area contributed by atoms with E-state index in [1.807, 2.05) is 30.3 Å². The van der Waals surface area contributed by atoms with Crippen molar-refractivity contribution in [2.45, 2.75) is 0 Å². The molecule has 1 aromatic carbocycles. The number of aromatic amines is 1. The molecule has 0 saturated heterocycles. The van der Waals surface area contributed by atoms with Crippen LogP contribution in [0.2, 0.25) is 0 Å². The summed E-state index contributed by atoms with van der Waals surface area (Å²) < 4.78 is 0. The molecule has 13 heavy (non-hydrogen) atoms. The molecular formula is C8H8Cl2N2Ti-2. The van der Waals surface area contributed by atoms with Crippen LogP contribution in [-0.2, 0) is 17.0 Å². The molecule has 0 amide bonds. The third-order valence-corrected chi connectivity index (χ3v) is 0.917. The van der Waals surface area contributed by atoms with Crippen molar-refractivity contribution in [2.75, 3.05) is 0 Å². The van der Waals surface area contributed by atoms with Crippen molar-refractivity contribution in [2.24, 2.45) is 0 Å². The number of hydrogen-bond donors (Lipinski definition) is 1. The van der Waals surface area contributed by atoms with Crippen LogP contribution in [0.4, 0.5) is 0 Å². The molecule has 0 aliphatic rings. The summed E-state index contributed by atoms with van der Waals surface area (Å²) in [6, 6.07) is 11.7. The van der Waals surface area contributed by atoms with Crippen molar-refractivity contribution in [3.05, 3.63) is 48.8 Å². The molecule has 70 valence electrons. The minimum absolute atomic E-state index is 0.556. The molecule has 0 aliphatic carbocycles. The number of halogens is 2. The molecule has 2 nitrogen and oxygen atoms in total. The first-order valence-corrected chi connectivity index (χ1v) is 7.70. The van der Waals surface area contributed by atoms with Crippen molar-refractivity contribution >= 4 is 18.6 Å². The van der Waals surface area contributed by atoms with Crippen molar-refractivity contribution in [3.8, 4) is 0 Å². The van der Waals surface area contributed by atoms with Gasteiger partial charge in [0.1, 0.15) is 0 Å². The average Bonchev–Trinajstić information content (AvgIpc) is 2.85. The number of hydrogen-bond acceptors (Lipinski definition) is 1. The number of rotatable bonds is 0. The molecule has 0 unspecified atom stereocenters. The van der Waals surface area contributed by atoms with Crippen LogP contribution in [0, 0.1) is 6.20 Å². The molecule has 0 saturated carbocycles. The standard InChI is InChI=1S/C5H5.C3H3N2.2ClH.Ti/c2*1-2-4-5-3-1;;;/h1-5H;1-2H,(H,4,5);2*1H;/q2*-1;;;+2/p-2. The zero-order chi connectivity index (χ0) is 9.78. The maximum Gasteiger partial charge on any atom is -0.124 e. The van der Waals surface area contributed by atoms with Gasteiger partial charge in [0.2, 0.25) is 0 Å². The van der Waals surface area contributed by atoms with Gasteiger partial charge >= 0.3 is 35.6 Å². The van der Waals surface area contributed by atoms with Crippen LogP contribution < -0.4 is 0 Å². The molecule has 2 aromatic rings. The van der Waals surface area contributed by atoms with Gasteiger partial charge in [0.25, 0.3) is 0 Å². The maximum atomic E-state index is 4.89. The van der Waals surface area contributed by atoms with E-state index < -0.39 is 17.0 Å². The van der Waals surface area contributed by atoms with E-state index in [1.54, 1.807) is 12.3 Å². The zero-order valence-corrected chi connectivity index (χ0v) is 9.82. The predicted molar refractivity (Wildman–Crippen MR) is 51.2 cm³/mol. The van der Waals surface area contributed by atoms with Crippen LogP contribution in [0.15, 0.2) is 42.6 Å². The van der Waals surface area contributed by atoms with Gasteiger partial charge in [0.05, 0.1) is 0 Å². The Morgan fingerprint density at radius 1 is 1.31 bits per heavy atom. The fraction of sp³-hybridized carbons (Fsp3) is 0. The van der Waals surface area contributed by atoms with Gasteiger partial charge in [-0.3, -0.25) is 0 Å². The van der Waals surface area contributed by atoms with Gasteiger partial charge in [0.15, 0.2) is 0 Å². The molecule has 0 bridgehead atoms. The summed E-state index contributed by atoms with van der Waals surface area (Å²) in [6.45, 7) is 0. The Bertz CT molecular complexity index is 172. The Balaban J connectivity index is 0.000000174. The third kappa shape index (κ3) is 11.9. The second kappa shape index (κ2) is 11.9. The summed E-state index contributed by atoms with van der Waals surface area (Å²) in [6.07, 6.45) is 4.26. The van der Waals surface area contributed by atoms with Crippen LogP contribution in [0.3, 0.4) is 0 Å². The SMILES string of the molecule is [Cl][Ti][Cl].[c-]1cc[nH]n1.c1cc[cH-]c1. The number of H-pyrrole nitrogens is 1. The van der Waals surface area contributed by atoms with E-state index in [0.717, 1.165) is 0 Å². The summed E-state index contributed by atoms with van der Waals surface area (Å²) in [4.78, 5) is 0. The molecule has 5 heteroatoms. The van der Waals surface area contributed by atoms with Crippen LogP contribution in [0.5, 0.6) is 0 Å². The summed E-state index contributed by atoms with van der Waals surface area (Å²) >= 11 is -0.556. The summed E-state index contributed by atoms with van der Waals surface area (Å²) in [5, 5.41) is 6.03. The van der Waals surface area contributed by atoms with Crippen molar-refractivity contribution in [1.29, 1.82) is 0 Å². The molecular weight excluding hydrogens is 243 g/mol. The van der Waals surface area contributed by atoms with Gasteiger partial charge in [-0.2, -0.15) is 24.3 Å². The molecule has 0 fully saturated rings. The summed E-state index contributed by atoms with van der Waals surface area (Å²) in [5.74, 6) is 0. The van der Waals surface area contributed by atoms with Crippen LogP contribution >= 0.6 is 18.6 Å². The van der Waals surface area contributed by atoms with Gasteiger partial charge in [-0.05, 0) is 0 Å². The molecule has 1 N–H and O–H groups in total. The first kappa shape index (κ1) is 12.9. The minimum Gasteiger partial charge on any atom is -0.382 e. The molecule has 0 radical (unpaired) electrons. The van der Waals surface area contributed by atoms with Gasteiger partial charge in [-0.25, -0.2) is 12.1 Å². The predicted octanol–water partition coefficient (Wildman–Crippen LogP) is 2.99. The molecule has 0 atom stereocenters. The summed E-state index contributed by atoms with van der Waals surface area (Å²) in [7, 11) is 9.78. The van der Waals surface area contributed by atoms with E-state index >= 15 is 0 Å². The van der Waals surface area contributed by atoms with Gasteiger partial charge in [0, 0.05) is 0 Å². The Morgan fingerprint density at radius 2 is 1.92 bits per heavy atom. The first-order valence-electron chi connectivity index (χ1n) is 3.40. The van der Waals surface area contributed by atoms with E-state index in [2.05, 4.69) is 16.4 Å². The topological polar surface area (TPSA) is 28.7 Å². The largest absolute Gasteiger partial charge is 0.382 e. The van der Waals surface area contributed by atoms with Crippen LogP contribution in [0.25, 0.3) is 0 Å². The Labute approximate surface area is 94.3 Å². The first-order chi connectivity index (χ1) is 6.41.